The number of nitrogens with one attached hydrogen (secondary N) is 2. The Morgan fingerprint density at radius 3 is 3.07 bits per heavy atom. The molecule has 2 aromatic heterocycles. The van der Waals surface area contributed by atoms with E-state index < -0.39 is 0 Å². The number of aromatic nitrogens is 3. The standard InChI is InChI=1S/C21H23N5O2/c1-2-28-17-6-3-5-15(13-17)20(27)24-16-9-12-26(14-16)21-23-11-8-19(25-21)18-7-4-10-22-18/h3-8,10-11,13,16,22H,2,9,12,14H2,1H3,(H,24,27). The molecule has 0 saturated carbocycles. The average Bonchev–Trinajstić information content (AvgIpc) is 3.41. The van der Waals surface area contributed by atoms with Crippen molar-refractivity contribution in [1.29, 1.82) is 0 Å². The van der Waals surface area contributed by atoms with Crippen molar-refractivity contribution in [2.75, 3.05) is 24.6 Å². The normalized spacial score (nSPS) is 16.2. The van der Waals surface area contributed by atoms with Crippen LogP contribution in [0.3, 0.4) is 0 Å². The number of carbonyl (C=O) groups is 1. The molecule has 1 aliphatic rings. The highest BCUT2D eigenvalue weighted by molar-refractivity contribution is 5.94. The van der Waals surface area contributed by atoms with Crippen molar-refractivity contribution in [1.82, 2.24) is 20.3 Å². The van der Waals surface area contributed by atoms with Crippen LogP contribution in [-0.4, -0.2) is 46.6 Å². The number of carbonyl (C=O) groups excluding carboxylic acids is 1. The first-order valence-electron chi connectivity index (χ1n) is 9.48. The zero-order chi connectivity index (χ0) is 19.3. The fourth-order valence-electron chi connectivity index (χ4n) is 3.36. The van der Waals surface area contributed by atoms with Crippen LogP contribution in [0.5, 0.6) is 5.75 Å². The quantitative estimate of drug-likeness (QED) is 0.690. The molecule has 28 heavy (non-hydrogen) atoms. The number of hydrogen-bond acceptors (Lipinski definition) is 5. The third kappa shape index (κ3) is 3.98. The Labute approximate surface area is 163 Å². The zero-order valence-electron chi connectivity index (χ0n) is 15.8. The summed E-state index contributed by atoms with van der Waals surface area (Å²) >= 11 is 0. The van der Waals surface area contributed by atoms with Gasteiger partial charge in [0.15, 0.2) is 0 Å². The monoisotopic (exact) mass is 377 g/mol. The molecule has 1 atom stereocenters. The number of hydrogen-bond donors (Lipinski definition) is 2. The highest BCUT2D eigenvalue weighted by Gasteiger charge is 2.26. The van der Waals surface area contributed by atoms with Crippen LogP contribution < -0.4 is 15.0 Å². The highest BCUT2D eigenvalue weighted by atomic mass is 16.5. The number of benzene rings is 1. The second-order valence-electron chi connectivity index (χ2n) is 6.69. The molecular weight excluding hydrogens is 354 g/mol. The fourth-order valence-corrected chi connectivity index (χ4v) is 3.36. The molecule has 0 bridgehead atoms. The van der Waals surface area contributed by atoms with Gasteiger partial charge >= 0.3 is 0 Å². The molecule has 1 amide bonds. The van der Waals surface area contributed by atoms with Crippen molar-refractivity contribution in [2.45, 2.75) is 19.4 Å². The Morgan fingerprint density at radius 2 is 2.25 bits per heavy atom. The minimum atomic E-state index is -0.0885. The van der Waals surface area contributed by atoms with Gasteiger partial charge in [0.05, 0.1) is 18.0 Å². The van der Waals surface area contributed by atoms with Crippen LogP contribution in [0.1, 0.15) is 23.7 Å². The Morgan fingerprint density at radius 1 is 1.32 bits per heavy atom. The Bertz CT molecular complexity index is 941. The van der Waals surface area contributed by atoms with Crippen molar-refractivity contribution >= 4 is 11.9 Å². The average molecular weight is 377 g/mol. The molecule has 7 nitrogen and oxygen atoms in total. The van der Waals surface area contributed by atoms with Crippen LogP contribution in [-0.2, 0) is 0 Å². The van der Waals surface area contributed by atoms with Crippen molar-refractivity contribution in [3.63, 3.8) is 0 Å². The van der Waals surface area contributed by atoms with Crippen LogP contribution >= 0.6 is 0 Å². The molecule has 0 aliphatic carbocycles. The molecule has 1 saturated heterocycles. The maximum Gasteiger partial charge on any atom is 0.251 e. The van der Waals surface area contributed by atoms with Crippen LogP contribution in [0.25, 0.3) is 11.4 Å². The van der Waals surface area contributed by atoms with Crippen molar-refractivity contribution in [3.05, 3.63) is 60.4 Å². The summed E-state index contributed by atoms with van der Waals surface area (Å²) in [5, 5.41) is 3.11. The Balaban J connectivity index is 1.40. The summed E-state index contributed by atoms with van der Waals surface area (Å²) in [6, 6.07) is 13.1. The van der Waals surface area contributed by atoms with Gasteiger partial charge in [-0.25, -0.2) is 9.97 Å². The van der Waals surface area contributed by atoms with E-state index in [2.05, 4.69) is 25.2 Å². The van der Waals surface area contributed by atoms with E-state index in [0.29, 0.717) is 30.4 Å². The molecule has 144 valence electrons. The molecule has 1 aromatic carbocycles. The van der Waals surface area contributed by atoms with Crippen molar-refractivity contribution in [2.24, 2.45) is 0 Å². The molecule has 7 heteroatoms. The van der Waals surface area contributed by atoms with E-state index in [-0.39, 0.29) is 11.9 Å². The largest absolute Gasteiger partial charge is 0.494 e. The Hall–Kier alpha value is -3.35. The third-order valence-corrected chi connectivity index (χ3v) is 4.73. The molecule has 0 radical (unpaired) electrons. The molecule has 0 spiro atoms. The molecule has 1 unspecified atom stereocenters. The second-order valence-corrected chi connectivity index (χ2v) is 6.69. The van der Waals surface area contributed by atoms with Gasteiger partial charge in [-0.2, -0.15) is 0 Å². The summed E-state index contributed by atoms with van der Waals surface area (Å²) in [5.74, 6) is 1.30. The lowest BCUT2D eigenvalue weighted by Gasteiger charge is -2.17. The first kappa shape index (κ1) is 18.0. The fraction of sp³-hybridized carbons (Fsp3) is 0.286. The number of rotatable bonds is 6. The van der Waals surface area contributed by atoms with E-state index in [1.165, 1.54) is 0 Å². The van der Waals surface area contributed by atoms with Crippen LogP contribution in [0, 0.1) is 0 Å². The highest BCUT2D eigenvalue weighted by Crippen LogP contribution is 2.21. The van der Waals surface area contributed by atoms with Gasteiger partial charge in [-0.05, 0) is 49.7 Å². The number of nitrogens with zero attached hydrogens (tertiary/aromatic N) is 3. The predicted molar refractivity (Wildman–Crippen MR) is 108 cm³/mol. The van der Waals surface area contributed by atoms with E-state index in [1.807, 2.05) is 43.5 Å². The molecular formula is C21H23N5O2. The summed E-state index contributed by atoms with van der Waals surface area (Å²) in [7, 11) is 0. The maximum atomic E-state index is 12.6. The number of anilines is 1. The molecule has 2 N–H and O–H groups in total. The first-order chi connectivity index (χ1) is 13.7. The number of amides is 1. The number of ether oxygens (including phenoxy) is 1. The summed E-state index contributed by atoms with van der Waals surface area (Å²) in [4.78, 5) is 26.9. The summed E-state index contributed by atoms with van der Waals surface area (Å²) in [6.45, 7) is 3.99. The molecule has 1 fully saturated rings. The van der Waals surface area contributed by atoms with Gasteiger partial charge in [0.25, 0.3) is 5.91 Å². The van der Waals surface area contributed by atoms with Crippen molar-refractivity contribution < 1.29 is 9.53 Å². The van der Waals surface area contributed by atoms with Gasteiger partial charge in [-0.15, -0.1) is 0 Å². The van der Waals surface area contributed by atoms with Gasteiger partial charge in [0.2, 0.25) is 5.95 Å². The lowest BCUT2D eigenvalue weighted by Crippen LogP contribution is -2.37. The van der Waals surface area contributed by atoms with Gasteiger partial charge in [-0.1, -0.05) is 6.07 Å². The lowest BCUT2D eigenvalue weighted by molar-refractivity contribution is 0.0940. The van der Waals surface area contributed by atoms with E-state index in [9.17, 15) is 4.79 Å². The summed E-state index contributed by atoms with van der Waals surface area (Å²) < 4.78 is 5.48. The number of aromatic amines is 1. The third-order valence-electron chi connectivity index (χ3n) is 4.73. The Kier molecular flexibility index (Phi) is 5.23. The van der Waals surface area contributed by atoms with Gasteiger partial charge in [0.1, 0.15) is 5.75 Å². The summed E-state index contributed by atoms with van der Waals surface area (Å²) in [6.07, 6.45) is 4.50. The van der Waals surface area contributed by atoms with E-state index in [0.717, 1.165) is 24.4 Å². The predicted octanol–water partition coefficient (Wildman–Crippen LogP) is 2.88. The minimum absolute atomic E-state index is 0.0565. The minimum Gasteiger partial charge on any atom is -0.494 e. The summed E-state index contributed by atoms with van der Waals surface area (Å²) in [5.41, 5.74) is 2.42. The van der Waals surface area contributed by atoms with Crippen molar-refractivity contribution in [3.8, 4) is 17.1 Å². The molecule has 4 rings (SSSR count). The molecule has 1 aliphatic heterocycles. The SMILES string of the molecule is CCOc1cccc(C(=O)NC2CCN(c3nccc(-c4ccc[nH]4)n3)C2)c1. The molecule has 3 aromatic rings. The smallest absolute Gasteiger partial charge is 0.251 e. The van der Waals surface area contributed by atoms with Gasteiger partial charge in [0, 0.05) is 37.1 Å². The number of H-pyrrole nitrogens is 1. The van der Waals surface area contributed by atoms with Crippen LogP contribution in [0.15, 0.2) is 54.9 Å². The van der Waals surface area contributed by atoms with Crippen LogP contribution in [0.2, 0.25) is 0 Å². The first-order valence-corrected chi connectivity index (χ1v) is 9.48. The van der Waals surface area contributed by atoms with E-state index >= 15 is 0 Å². The zero-order valence-corrected chi connectivity index (χ0v) is 15.8. The second kappa shape index (κ2) is 8.12. The van der Waals surface area contributed by atoms with Gasteiger partial charge in [-0.3, -0.25) is 4.79 Å². The topological polar surface area (TPSA) is 83.1 Å². The van der Waals surface area contributed by atoms with E-state index in [4.69, 9.17) is 4.74 Å². The van der Waals surface area contributed by atoms with E-state index in [1.54, 1.807) is 18.3 Å². The van der Waals surface area contributed by atoms with Crippen LogP contribution in [0.4, 0.5) is 5.95 Å². The molecule has 3 heterocycles. The van der Waals surface area contributed by atoms with Gasteiger partial charge < -0.3 is 19.9 Å². The maximum absolute atomic E-state index is 12.6. The lowest BCUT2D eigenvalue weighted by atomic mass is 10.1.